The molecule has 0 spiro atoms. The Balaban J connectivity index is 2.12. The van der Waals surface area contributed by atoms with E-state index in [1.807, 2.05) is 60.8 Å². The molecule has 0 saturated carbocycles. The first-order valence-corrected chi connectivity index (χ1v) is 6.45. The van der Waals surface area contributed by atoms with Gasteiger partial charge < -0.3 is 10.1 Å². The van der Waals surface area contributed by atoms with E-state index < -0.39 is 5.97 Å². The van der Waals surface area contributed by atoms with Gasteiger partial charge in [0.05, 0.1) is 6.42 Å². The van der Waals surface area contributed by atoms with Crippen LogP contribution in [-0.4, -0.2) is 16.1 Å². The first kappa shape index (κ1) is 12.5. The third kappa shape index (κ3) is 2.30. The predicted molar refractivity (Wildman–Crippen MR) is 78.4 cm³/mol. The Morgan fingerprint density at radius 1 is 1.00 bits per heavy atom. The molecule has 2 aromatic carbocycles. The number of carboxylic acids is 1. The molecule has 0 bridgehead atoms. The summed E-state index contributed by atoms with van der Waals surface area (Å²) in [6.07, 6.45) is 1.89. The number of aromatic amines is 1. The van der Waals surface area contributed by atoms with Gasteiger partial charge in [-0.1, -0.05) is 48.5 Å². The molecule has 3 heteroatoms. The second-order valence-electron chi connectivity index (χ2n) is 4.66. The summed E-state index contributed by atoms with van der Waals surface area (Å²) in [4.78, 5) is 14.4. The summed E-state index contributed by atoms with van der Waals surface area (Å²) in [5.74, 6) is 0.00434. The molecule has 0 aliphatic carbocycles. The summed E-state index contributed by atoms with van der Waals surface area (Å²) in [5.41, 5.74) is 2.91. The minimum atomic E-state index is -0.825. The molecular weight excluding hydrogens is 250 g/mol. The number of hydrogen-bond acceptors (Lipinski definition) is 1. The van der Waals surface area contributed by atoms with Crippen LogP contribution in [-0.2, 0) is 4.79 Å². The van der Waals surface area contributed by atoms with Gasteiger partial charge in [0.15, 0.2) is 0 Å². The number of nitrogens with one attached hydrogen (secondary N) is 1. The van der Waals surface area contributed by atoms with Crippen molar-refractivity contribution in [1.29, 1.82) is 0 Å². The Hall–Kier alpha value is -2.55. The van der Waals surface area contributed by atoms with Crippen molar-refractivity contribution in [3.63, 3.8) is 0 Å². The second kappa shape index (κ2) is 5.21. The number of aromatic nitrogens is 1. The largest absolute Gasteiger partial charge is 0.481 e. The summed E-state index contributed by atoms with van der Waals surface area (Å²) < 4.78 is 0. The monoisotopic (exact) mass is 264 g/mol. The highest BCUT2D eigenvalue weighted by Gasteiger charge is 2.21. The molecule has 2 N–H and O–H groups in total. The highest BCUT2D eigenvalue weighted by molar-refractivity contribution is 5.88. The van der Waals surface area contributed by atoms with E-state index in [4.69, 9.17) is 0 Å². The number of fused-ring (bicyclic) bond motifs is 1. The summed E-state index contributed by atoms with van der Waals surface area (Å²) in [5, 5.41) is 10.2. The van der Waals surface area contributed by atoms with E-state index in [9.17, 15) is 9.90 Å². The lowest BCUT2D eigenvalue weighted by Gasteiger charge is -2.14. The van der Waals surface area contributed by atoms with E-state index in [-0.39, 0.29) is 6.42 Å². The average molecular weight is 264 g/mol. The van der Waals surface area contributed by atoms with Gasteiger partial charge in [-0.25, -0.2) is 0 Å². The lowest BCUT2D eigenvalue weighted by Crippen LogP contribution is -2.08. The second-order valence-corrected chi connectivity index (χ2v) is 4.66. The van der Waals surface area contributed by atoms with Crippen molar-refractivity contribution in [2.24, 2.45) is 0 Å². The maximum Gasteiger partial charge on any atom is 0.304 e. The van der Waals surface area contributed by atoms with Crippen molar-refractivity contribution in [2.45, 2.75) is 6.42 Å². The van der Waals surface area contributed by atoms with Crippen LogP contribution in [0.3, 0.4) is 0 Å². The van der Waals surface area contributed by atoms with E-state index in [2.05, 4.69) is 4.98 Å². The highest BCUT2D eigenvalue weighted by atomic mass is 16.4. The smallest absolute Gasteiger partial charge is 0.304 e. The highest BCUT2D eigenvalue weighted by Crippen LogP contribution is 2.32. The molecule has 0 amide bonds. The molecule has 1 aromatic heterocycles. The van der Waals surface area contributed by atoms with Gasteiger partial charge >= 0.3 is 5.97 Å². The zero-order chi connectivity index (χ0) is 13.9. The quantitative estimate of drug-likeness (QED) is 0.756. The topological polar surface area (TPSA) is 53.1 Å². The van der Waals surface area contributed by atoms with Crippen molar-refractivity contribution in [1.82, 2.24) is 4.98 Å². The maximum absolute atomic E-state index is 11.2. The third-order valence-corrected chi connectivity index (χ3v) is 3.36. The molecule has 20 heavy (non-hydrogen) atoms. The fourth-order valence-corrected chi connectivity index (χ4v) is 2.46. The van der Waals surface area contributed by atoms with Crippen LogP contribution < -0.4 is 0 Å². The van der Waals surface area contributed by atoms with Crippen molar-refractivity contribution >= 4 is 16.9 Å². The molecule has 0 unspecified atom stereocenters. The van der Waals surface area contributed by atoms with Gasteiger partial charge in [-0.3, -0.25) is 4.79 Å². The number of para-hydroxylation sites is 1. The summed E-state index contributed by atoms with van der Waals surface area (Å²) in [6, 6.07) is 17.6. The van der Waals surface area contributed by atoms with Crippen molar-refractivity contribution < 1.29 is 9.90 Å². The standard InChI is InChI=1S/C17H14NO2/c19-17(20)10-14(12-6-2-1-3-7-12)15-11-18-16-9-5-4-8-13(15)16/h1-9,11,18H,10H2,(H,19,20). The number of rotatable bonds is 4. The number of aliphatic carboxylic acids is 1. The van der Waals surface area contributed by atoms with Crippen molar-refractivity contribution in [3.05, 3.63) is 77.8 Å². The SMILES string of the molecule is O=C(O)C[C](c1ccccc1)c1c[nH]c2ccccc12. The van der Waals surface area contributed by atoms with E-state index in [0.29, 0.717) is 0 Å². The molecule has 0 aliphatic rings. The molecule has 0 atom stereocenters. The Bertz CT molecular complexity index is 731. The molecule has 3 aromatic rings. The van der Waals surface area contributed by atoms with Gasteiger partial charge in [-0.15, -0.1) is 0 Å². The number of benzene rings is 2. The first-order chi connectivity index (χ1) is 9.75. The fourth-order valence-electron chi connectivity index (χ4n) is 2.46. The van der Waals surface area contributed by atoms with Crippen LogP contribution >= 0.6 is 0 Å². The number of carboxylic acid groups (broad SMARTS) is 1. The molecule has 1 radical (unpaired) electrons. The van der Waals surface area contributed by atoms with Crippen LogP contribution in [0.15, 0.2) is 60.8 Å². The van der Waals surface area contributed by atoms with Gasteiger partial charge in [-0.05, 0) is 17.2 Å². The van der Waals surface area contributed by atoms with Gasteiger partial charge in [0.25, 0.3) is 0 Å². The Morgan fingerprint density at radius 2 is 1.70 bits per heavy atom. The van der Waals surface area contributed by atoms with E-state index in [1.165, 1.54) is 0 Å². The number of H-pyrrole nitrogens is 1. The summed E-state index contributed by atoms with van der Waals surface area (Å²) in [7, 11) is 0. The van der Waals surface area contributed by atoms with Crippen molar-refractivity contribution in [3.8, 4) is 0 Å². The predicted octanol–water partition coefficient (Wildman–Crippen LogP) is 3.61. The molecule has 0 aliphatic heterocycles. The van der Waals surface area contributed by atoms with Crippen LogP contribution in [0.5, 0.6) is 0 Å². The molecule has 3 nitrogen and oxygen atoms in total. The normalized spacial score (nSPS) is 11.1. The van der Waals surface area contributed by atoms with Crippen LogP contribution in [0.25, 0.3) is 10.9 Å². The number of hydrogen-bond donors (Lipinski definition) is 2. The van der Waals surface area contributed by atoms with E-state index in [0.717, 1.165) is 27.9 Å². The first-order valence-electron chi connectivity index (χ1n) is 6.45. The fraction of sp³-hybridized carbons (Fsp3) is 0.0588. The third-order valence-electron chi connectivity index (χ3n) is 3.36. The summed E-state index contributed by atoms with van der Waals surface area (Å²) in [6.45, 7) is 0. The zero-order valence-electron chi connectivity index (χ0n) is 10.8. The van der Waals surface area contributed by atoms with Crippen LogP contribution in [0, 0.1) is 5.92 Å². The van der Waals surface area contributed by atoms with Gasteiger partial charge in [0, 0.05) is 23.0 Å². The molecular formula is C17H14NO2. The Kier molecular flexibility index (Phi) is 3.25. The zero-order valence-corrected chi connectivity index (χ0v) is 10.8. The van der Waals surface area contributed by atoms with Gasteiger partial charge in [0.1, 0.15) is 0 Å². The van der Waals surface area contributed by atoms with Crippen molar-refractivity contribution in [2.75, 3.05) is 0 Å². The molecule has 3 rings (SSSR count). The van der Waals surface area contributed by atoms with Crippen LogP contribution in [0.1, 0.15) is 17.5 Å². The van der Waals surface area contributed by atoms with E-state index >= 15 is 0 Å². The lowest BCUT2D eigenvalue weighted by molar-refractivity contribution is -0.136. The number of carbonyl (C=O) groups is 1. The van der Waals surface area contributed by atoms with Crippen LogP contribution in [0.4, 0.5) is 0 Å². The van der Waals surface area contributed by atoms with Gasteiger partial charge in [-0.2, -0.15) is 0 Å². The average Bonchev–Trinajstić information content (AvgIpc) is 2.89. The molecule has 1 heterocycles. The van der Waals surface area contributed by atoms with Gasteiger partial charge in [0.2, 0.25) is 0 Å². The minimum Gasteiger partial charge on any atom is -0.481 e. The Morgan fingerprint density at radius 3 is 2.45 bits per heavy atom. The summed E-state index contributed by atoms with van der Waals surface area (Å²) >= 11 is 0. The Labute approximate surface area is 116 Å². The molecule has 99 valence electrons. The molecule has 0 fully saturated rings. The van der Waals surface area contributed by atoms with Crippen LogP contribution in [0.2, 0.25) is 0 Å². The molecule has 0 saturated heterocycles. The van der Waals surface area contributed by atoms with E-state index in [1.54, 1.807) is 0 Å². The lowest BCUT2D eigenvalue weighted by atomic mass is 9.88. The minimum absolute atomic E-state index is 0.00581. The maximum atomic E-state index is 11.2.